The monoisotopic (exact) mass is 522 g/mol. The molecule has 0 radical (unpaired) electrons. The topological polar surface area (TPSA) is 0 Å². The molecule has 0 N–H and O–H groups in total. The molecule has 0 bridgehead atoms. The van der Waals surface area contributed by atoms with Crippen LogP contribution in [0.5, 0.6) is 0 Å². The van der Waals surface area contributed by atoms with Crippen LogP contribution < -0.4 is 0 Å². The van der Waals surface area contributed by atoms with Gasteiger partial charge in [0.05, 0.1) is 0 Å². The first-order valence-corrected chi connectivity index (χ1v) is 9.75. The van der Waals surface area contributed by atoms with Gasteiger partial charge in [-0.15, -0.1) is 18.1 Å². The minimum atomic E-state index is 0. The smallest absolute Gasteiger partial charge is 0 e. The Bertz CT molecular complexity index is 889. The van der Waals surface area contributed by atoms with Crippen LogP contribution >= 0.6 is 0 Å². The van der Waals surface area contributed by atoms with Crippen LogP contribution in [0.2, 0.25) is 0 Å². The van der Waals surface area contributed by atoms with Crippen LogP contribution in [0.1, 0.15) is 58.7 Å². The molecule has 0 atom stereocenters. The maximum Gasteiger partial charge on any atom is 0 e. The molecule has 0 spiro atoms. The van der Waals surface area contributed by atoms with E-state index in [0.29, 0.717) is 0 Å². The van der Waals surface area contributed by atoms with Crippen molar-refractivity contribution in [2.45, 2.75) is 60.8 Å². The number of allylic oxidation sites excluding steroid dienone is 2. The summed E-state index contributed by atoms with van der Waals surface area (Å²) in [5.74, 6) is 0. The van der Waals surface area contributed by atoms with E-state index in [9.17, 15) is 0 Å². The first-order chi connectivity index (χ1) is 12.4. The number of benzene rings is 2. The number of rotatable bonds is 2. The predicted molar refractivity (Wildman–Crippen MR) is 115 cm³/mol. The fourth-order valence-corrected chi connectivity index (χ4v) is 3.89. The summed E-state index contributed by atoms with van der Waals surface area (Å²) < 4.78 is 0. The second-order valence-corrected chi connectivity index (χ2v) is 7.56. The summed E-state index contributed by atoms with van der Waals surface area (Å²) in [4.78, 5) is 0. The van der Waals surface area contributed by atoms with Gasteiger partial charge in [-0.25, -0.2) is 5.57 Å². The summed E-state index contributed by atoms with van der Waals surface area (Å²) in [6, 6.07) is 13.2. The number of fused-ring (bicyclic) bond motifs is 2. The maximum atomic E-state index is 3.51. The summed E-state index contributed by atoms with van der Waals surface area (Å²) in [5.41, 5.74) is 11.6. The Morgan fingerprint density at radius 3 is 1.96 bits per heavy atom. The molecule has 0 amide bonds. The molecule has 3 aromatic carbocycles. The third-order valence-corrected chi connectivity index (χ3v) is 6.10. The van der Waals surface area contributed by atoms with Crippen molar-refractivity contribution in [3.63, 3.8) is 0 Å². The van der Waals surface area contributed by atoms with Crippen molar-refractivity contribution in [2.24, 2.45) is 0 Å². The van der Waals surface area contributed by atoms with Crippen molar-refractivity contribution in [3.05, 3.63) is 81.4 Å². The molecule has 140 valence electrons. The molecule has 0 heterocycles. The first kappa shape index (κ1) is 22.0. The van der Waals surface area contributed by atoms with Crippen LogP contribution in [0, 0.1) is 40.7 Å². The number of hydrogen-bond acceptors (Lipinski definition) is 0. The van der Waals surface area contributed by atoms with Crippen LogP contribution in [-0.2, 0) is 32.3 Å². The summed E-state index contributed by atoms with van der Waals surface area (Å²) in [6.07, 6.45) is 6.87. The van der Waals surface area contributed by atoms with E-state index in [1.165, 1.54) is 61.7 Å². The third-order valence-electron chi connectivity index (χ3n) is 6.10. The van der Waals surface area contributed by atoms with Crippen LogP contribution in [0.25, 0.3) is 16.3 Å². The zero-order chi connectivity index (χ0) is 18.8. The second kappa shape index (κ2) is 9.24. The van der Waals surface area contributed by atoms with E-state index >= 15 is 0 Å². The van der Waals surface area contributed by atoms with Crippen LogP contribution in [0.4, 0.5) is 0 Å². The molecule has 0 fully saturated rings. The van der Waals surface area contributed by atoms with Crippen LogP contribution in [-0.4, -0.2) is 0 Å². The fourth-order valence-electron chi connectivity index (χ4n) is 3.89. The predicted octanol–water partition coefficient (Wildman–Crippen LogP) is 7.33. The molecule has 1 aliphatic rings. The molecule has 1 aliphatic carbocycles. The molecule has 4 rings (SSSR count). The van der Waals surface area contributed by atoms with Gasteiger partial charge in [0.15, 0.2) is 0 Å². The van der Waals surface area contributed by atoms with Gasteiger partial charge in [0.1, 0.15) is 0 Å². The minimum absolute atomic E-state index is 0. The maximum absolute atomic E-state index is 3.51. The largest absolute Gasteiger partial charge is 0.268 e. The van der Waals surface area contributed by atoms with Gasteiger partial charge in [-0.05, 0) is 10.8 Å². The third kappa shape index (κ3) is 4.40. The average molecular weight is 521 g/mol. The van der Waals surface area contributed by atoms with Gasteiger partial charge in [-0.3, -0.25) is 6.08 Å². The molecule has 0 saturated heterocycles. The SMILES string of the molecule is CCCC1=[C-]Cc2cc3ccccc3cc21.Cc1c(C)c(C)[c-](C)c1C.[Hf]. The van der Waals surface area contributed by atoms with Crippen LogP contribution in [0.3, 0.4) is 0 Å². The Morgan fingerprint density at radius 2 is 1.48 bits per heavy atom. The number of hydrogen-bond donors (Lipinski definition) is 0. The molecule has 0 aromatic heterocycles. The van der Waals surface area contributed by atoms with Crippen molar-refractivity contribution in [3.8, 4) is 0 Å². The standard InChI is InChI=1S/C16H15.C10H15.Hf/c1-2-5-12-8-9-15-10-13-6-3-4-7-14(13)11-16(12)15;1-6-7(2)9(4)10(5)8(6)3;/h3-4,6-7,10-11H,2,5,9H2,1H3;1-5H3;/q2*-1;. The van der Waals surface area contributed by atoms with Crippen molar-refractivity contribution in [1.29, 1.82) is 0 Å². The van der Waals surface area contributed by atoms with Gasteiger partial charge >= 0.3 is 0 Å². The van der Waals surface area contributed by atoms with Gasteiger partial charge in [-0.1, -0.05) is 84.7 Å². The zero-order valence-corrected chi connectivity index (χ0v) is 21.2. The molecule has 0 nitrogen and oxygen atoms in total. The van der Waals surface area contributed by atoms with Gasteiger partial charge in [-0.2, -0.15) is 33.4 Å². The molecular weight excluding hydrogens is 491 g/mol. The minimum Gasteiger partial charge on any atom is -0.268 e. The molecule has 3 aromatic rings. The Kier molecular flexibility index (Phi) is 7.51. The van der Waals surface area contributed by atoms with Crippen molar-refractivity contribution < 1.29 is 25.8 Å². The quantitative estimate of drug-likeness (QED) is 0.245. The summed E-state index contributed by atoms with van der Waals surface area (Å²) in [7, 11) is 0. The second-order valence-electron chi connectivity index (χ2n) is 7.56. The van der Waals surface area contributed by atoms with E-state index in [4.69, 9.17) is 0 Å². The van der Waals surface area contributed by atoms with Crippen molar-refractivity contribution in [2.75, 3.05) is 0 Å². The van der Waals surface area contributed by atoms with Crippen LogP contribution in [0.15, 0.2) is 36.4 Å². The molecule has 27 heavy (non-hydrogen) atoms. The van der Waals surface area contributed by atoms with Gasteiger partial charge in [0.2, 0.25) is 0 Å². The summed E-state index contributed by atoms with van der Waals surface area (Å²) >= 11 is 0. The Morgan fingerprint density at radius 1 is 0.926 bits per heavy atom. The van der Waals surface area contributed by atoms with Crippen molar-refractivity contribution in [1.82, 2.24) is 0 Å². The molecule has 0 unspecified atom stereocenters. The zero-order valence-electron chi connectivity index (χ0n) is 17.6. The first-order valence-electron chi connectivity index (χ1n) is 9.75. The van der Waals surface area contributed by atoms with Gasteiger partial charge in [0.25, 0.3) is 0 Å². The molecular formula is C26H30Hf-2. The molecule has 1 heteroatoms. The summed E-state index contributed by atoms with van der Waals surface area (Å²) in [6.45, 7) is 13.2. The van der Waals surface area contributed by atoms with E-state index in [1.807, 2.05) is 0 Å². The summed E-state index contributed by atoms with van der Waals surface area (Å²) in [5, 5.41) is 2.69. The van der Waals surface area contributed by atoms with E-state index in [0.717, 1.165) is 12.8 Å². The fraction of sp³-hybridized carbons (Fsp3) is 0.346. The average Bonchev–Trinajstić information content (AvgIpc) is 3.12. The Balaban J connectivity index is 0.000000208. The van der Waals surface area contributed by atoms with E-state index < -0.39 is 0 Å². The van der Waals surface area contributed by atoms with Gasteiger partial charge < -0.3 is 0 Å². The van der Waals surface area contributed by atoms with E-state index in [-0.39, 0.29) is 25.8 Å². The molecule has 0 aliphatic heterocycles. The Hall–Kier alpha value is -1.34. The Labute approximate surface area is 183 Å². The normalized spacial score (nSPS) is 12.1. The molecule has 0 saturated carbocycles. The van der Waals surface area contributed by atoms with Crippen molar-refractivity contribution >= 4 is 16.3 Å². The van der Waals surface area contributed by atoms with E-state index in [2.05, 4.69) is 84.0 Å². The van der Waals surface area contributed by atoms with Gasteiger partial charge in [0, 0.05) is 25.8 Å². The van der Waals surface area contributed by atoms with E-state index in [1.54, 1.807) is 0 Å².